The summed E-state index contributed by atoms with van der Waals surface area (Å²) in [6.07, 6.45) is -3.66. The highest BCUT2D eigenvalue weighted by molar-refractivity contribution is 7.92. The van der Waals surface area contributed by atoms with E-state index in [-0.39, 0.29) is 11.3 Å². The molecule has 0 aliphatic heterocycles. The van der Waals surface area contributed by atoms with Gasteiger partial charge in [0.05, 0.1) is 17.5 Å². The molecule has 0 spiro atoms. The van der Waals surface area contributed by atoms with Crippen LogP contribution >= 0.6 is 0 Å². The quantitative estimate of drug-likeness (QED) is 0.888. The zero-order valence-corrected chi connectivity index (χ0v) is 11.5. The van der Waals surface area contributed by atoms with E-state index in [0.717, 1.165) is 6.26 Å². The third-order valence-electron chi connectivity index (χ3n) is 2.16. The fourth-order valence-corrected chi connectivity index (χ4v) is 1.99. The highest BCUT2D eigenvalue weighted by atomic mass is 32.2. The van der Waals surface area contributed by atoms with Crippen LogP contribution in [0.4, 0.5) is 18.9 Å². The third-order valence-corrected chi connectivity index (χ3v) is 2.76. The molecule has 112 valence electrons. The van der Waals surface area contributed by atoms with E-state index < -0.39 is 28.7 Å². The van der Waals surface area contributed by atoms with Gasteiger partial charge in [0.1, 0.15) is 6.54 Å². The van der Waals surface area contributed by atoms with E-state index >= 15 is 0 Å². The number of carbonyl (C=O) groups excluding carboxylic acids is 1. The monoisotopic (exact) mass is 310 g/mol. The minimum Gasteiger partial charge on any atom is -0.343 e. The van der Waals surface area contributed by atoms with E-state index in [1.165, 1.54) is 18.2 Å². The molecule has 0 fully saturated rings. The molecular weight excluding hydrogens is 297 g/mol. The fourth-order valence-electron chi connectivity index (χ4n) is 1.41. The number of alkyl halides is 3. The summed E-state index contributed by atoms with van der Waals surface area (Å²) < 4.78 is 60.6. The Morgan fingerprint density at radius 1 is 1.30 bits per heavy atom. The fraction of sp³-hybridized carbons (Fsp3) is 0.364. The van der Waals surface area contributed by atoms with Crippen molar-refractivity contribution in [2.75, 3.05) is 17.5 Å². The van der Waals surface area contributed by atoms with Crippen LogP contribution in [0.25, 0.3) is 0 Å². The molecule has 1 rings (SSSR count). The molecule has 0 radical (unpaired) electrons. The van der Waals surface area contributed by atoms with Gasteiger partial charge in [0.2, 0.25) is 10.0 Å². The van der Waals surface area contributed by atoms with Crippen LogP contribution in [0.5, 0.6) is 0 Å². The molecule has 0 atom stereocenters. The Labute approximate surface area is 114 Å². The number of hydrogen-bond acceptors (Lipinski definition) is 3. The summed E-state index contributed by atoms with van der Waals surface area (Å²) in [5.41, 5.74) is 0.374. The molecule has 1 amide bonds. The number of halogens is 3. The molecule has 9 heteroatoms. The second-order valence-electron chi connectivity index (χ2n) is 4.22. The summed E-state index contributed by atoms with van der Waals surface area (Å²) in [7, 11) is -3.64. The molecule has 0 aromatic heterocycles. The second-order valence-corrected chi connectivity index (χ2v) is 5.97. The Hall–Kier alpha value is -1.77. The molecule has 0 saturated heterocycles. The Morgan fingerprint density at radius 2 is 1.90 bits per heavy atom. The van der Waals surface area contributed by atoms with Crippen molar-refractivity contribution in [2.24, 2.45) is 0 Å². The highest BCUT2D eigenvalue weighted by Crippen LogP contribution is 2.19. The van der Waals surface area contributed by atoms with E-state index in [0.29, 0.717) is 5.56 Å². The van der Waals surface area contributed by atoms with Gasteiger partial charge in [-0.05, 0) is 19.1 Å². The van der Waals surface area contributed by atoms with Gasteiger partial charge in [-0.2, -0.15) is 13.2 Å². The van der Waals surface area contributed by atoms with Gasteiger partial charge in [-0.1, -0.05) is 11.6 Å². The van der Waals surface area contributed by atoms with Crippen LogP contribution in [0.15, 0.2) is 18.2 Å². The van der Waals surface area contributed by atoms with Gasteiger partial charge in [0.15, 0.2) is 0 Å². The Bertz CT molecular complexity index is 612. The van der Waals surface area contributed by atoms with Gasteiger partial charge < -0.3 is 5.32 Å². The lowest BCUT2D eigenvalue weighted by molar-refractivity contribution is -0.123. The Balaban J connectivity index is 3.03. The molecule has 0 heterocycles. The molecule has 2 N–H and O–H groups in total. The van der Waals surface area contributed by atoms with Crippen LogP contribution in [0.1, 0.15) is 15.9 Å². The molecule has 0 unspecified atom stereocenters. The SMILES string of the molecule is Cc1ccc(NS(C)(=O)=O)c(C(=O)NCC(F)(F)F)c1. The summed E-state index contributed by atoms with van der Waals surface area (Å²) in [5, 5.41) is 1.69. The van der Waals surface area contributed by atoms with Crippen molar-refractivity contribution >= 4 is 21.6 Å². The molecule has 5 nitrogen and oxygen atoms in total. The van der Waals surface area contributed by atoms with Crippen LogP contribution < -0.4 is 10.0 Å². The first-order valence-corrected chi connectivity index (χ1v) is 7.30. The zero-order valence-electron chi connectivity index (χ0n) is 10.7. The standard InChI is InChI=1S/C11H13F3N2O3S/c1-7-3-4-9(16-20(2,18)19)8(5-7)10(17)15-6-11(12,13)14/h3-5,16H,6H2,1-2H3,(H,15,17). The Morgan fingerprint density at radius 3 is 2.40 bits per heavy atom. The maximum absolute atomic E-state index is 12.1. The number of anilines is 1. The van der Waals surface area contributed by atoms with Gasteiger partial charge in [-0.3, -0.25) is 9.52 Å². The van der Waals surface area contributed by atoms with Crippen molar-refractivity contribution in [2.45, 2.75) is 13.1 Å². The summed E-state index contributed by atoms with van der Waals surface area (Å²) in [4.78, 5) is 11.7. The summed E-state index contributed by atoms with van der Waals surface area (Å²) in [5.74, 6) is -1.00. The van der Waals surface area contributed by atoms with Crippen molar-refractivity contribution < 1.29 is 26.4 Å². The topological polar surface area (TPSA) is 75.3 Å². The van der Waals surface area contributed by atoms with Crippen molar-refractivity contribution in [3.8, 4) is 0 Å². The van der Waals surface area contributed by atoms with E-state index in [4.69, 9.17) is 0 Å². The minimum atomic E-state index is -4.54. The van der Waals surface area contributed by atoms with Crippen LogP contribution in [0, 0.1) is 6.92 Å². The van der Waals surface area contributed by atoms with Crippen LogP contribution in [0.3, 0.4) is 0 Å². The smallest absolute Gasteiger partial charge is 0.343 e. The largest absolute Gasteiger partial charge is 0.405 e. The van der Waals surface area contributed by atoms with E-state index in [2.05, 4.69) is 4.72 Å². The first-order chi connectivity index (χ1) is 8.98. The van der Waals surface area contributed by atoms with Crippen molar-refractivity contribution in [1.82, 2.24) is 5.32 Å². The number of nitrogens with one attached hydrogen (secondary N) is 2. The van der Waals surface area contributed by atoms with Gasteiger partial charge in [-0.25, -0.2) is 8.42 Å². The average molecular weight is 310 g/mol. The number of aryl methyl sites for hydroxylation is 1. The lowest BCUT2D eigenvalue weighted by Crippen LogP contribution is -2.34. The Kier molecular flexibility index (Phi) is 4.64. The minimum absolute atomic E-state index is 0.0715. The predicted molar refractivity (Wildman–Crippen MR) is 68.0 cm³/mol. The number of sulfonamides is 1. The van der Waals surface area contributed by atoms with E-state index in [1.54, 1.807) is 12.2 Å². The van der Waals surface area contributed by atoms with Crippen molar-refractivity contribution in [3.05, 3.63) is 29.3 Å². The number of rotatable bonds is 4. The number of carbonyl (C=O) groups is 1. The first-order valence-electron chi connectivity index (χ1n) is 5.41. The number of hydrogen-bond donors (Lipinski definition) is 2. The lowest BCUT2D eigenvalue weighted by Gasteiger charge is -2.13. The maximum Gasteiger partial charge on any atom is 0.405 e. The van der Waals surface area contributed by atoms with Gasteiger partial charge in [0, 0.05) is 0 Å². The van der Waals surface area contributed by atoms with Gasteiger partial charge in [0.25, 0.3) is 5.91 Å². The van der Waals surface area contributed by atoms with Crippen LogP contribution in [-0.4, -0.2) is 33.3 Å². The molecule has 0 saturated carbocycles. The molecule has 0 aliphatic rings. The van der Waals surface area contributed by atoms with Gasteiger partial charge in [-0.15, -0.1) is 0 Å². The molecule has 1 aromatic carbocycles. The summed E-state index contributed by atoms with van der Waals surface area (Å²) >= 11 is 0. The highest BCUT2D eigenvalue weighted by Gasteiger charge is 2.28. The van der Waals surface area contributed by atoms with E-state index in [1.807, 2.05) is 0 Å². The molecule has 1 aromatic rings. The molecular formula is C11H13F3N2O3S. The summed E-state index contributed by atoms with van der Waals surface area (Å²) in [6, 6.07) is 4.16. The van der Waals surface area contributed by atoms with Crippen LogP contribution in [-0.2, 0) is 10.0 Å². The molecule has 0 aliphatic carbocycles. The average Bonchev–Trinajstić information content (AvgIpc) is 2.25. The zero-order chi connectivity index (χ0) is 15.6. The maximum atomic E-state index is 12.1. The van der Waals surface area contributed by atoms with Crippen molar-refractivity contribution in [3.63, 3.8) is 0 Å². The second kappa shape index (κ2) is 5.70. The van der Waals surface area contributed by atoms with Gasteiger partial charge >= 0.3 is 6.18 Å². The molecule has 0 bridgehead atoms. The normalized spacial score (nSPS) is 12.1. The number of amides is 1. The van der Waals surface area contributed by atoms with Crippen molar-refractivity contribution in [1.29, 1.82) is 0 Å². The predicted octanol–water partition coefficient (Wildman–Crippen LogP) is 1.66. The third kappa shape index (κ3) is 5.47. The summed E-state index contributed by atoms with van der Waals surface area (Å²) in [6.45, 7) is 0.142. The van der Waals surface area contributed by atoms with E-state index in [9.17, 15) is 26.4 Å². The first kappa shape index (κ1) is 16.3. The number of benzene rings is 1. The van der Waals surface area contributed by atoms with Crippen LogP contribution in [0.2, 0.25) is 0 Å². The molecule has 20 heavy (non-hydrogen) atoms. The lowest BCUT2D eigenvalue weighted by atomic mass is 10.1.